The van der Waals surface area contributed by atoms with E-state index in [1.54, 1.807) is 0 Å². The van der Waals surface area contributed by atoms with Gasteiger partial charge in [0, 0.05) is 24.9 Å². The van der Waals surface area contributed by atoms with Gasteiger partial charge >= 0.3 is 0 Å². The molecule has 0 spiro atoms. The Balaban J connectivity index is 1.57. The number of rotatable bonds is 1. The van der Waals surface area contributed by atoms with Crippen LogP contribution in [0.3, 0.4) is 0 Å². The van der Waals surface area contributed by atoms with E-state index in [1.165, 1.54) is 19.3 Å². The first-order chi connectivity index (χ1) is 8.24. The maximum Gasteiger partial charge on any atom is 0.225 e. The molecule has 3 rings (SSSR count). The maximum absolute atomic E-state index is 12.4. The van der Waals surface area contributed by atoms with Gasteiger partial charge in [-0.1, -0.05) is 19.3 Å². The van der Waals surface area contributed by atoms with Gasteiger partial charge in [-0.15, -0.1) is 0 Å². The highest BCUT2D eigenvalue weighted by molar-refractivity contribution is 5.79. The van der Waals surface area contributed by atoms with Crippen LogP contribution in [0.25, 0.3) is 0 Å². The van der Waals surface area contributed by atoms with E-state index in [2.05, 4.69) is 11.8 Å². The average molecular weight is 237 g/mol. The van der Waals surface area contributed by atoms with E-state index in [1.807, 2.05) is 0 Å². The quantitative estimate of drug-likeness (QED) is 0.699. The van der Waals surface area contributed by atoms with Gasteiger partial charge in [-0.3, -0.25) is 4.79 Å². The minimum absolute atomic E-state index is 0.319. The molecule has 17 heavy (non-hydrogen) atoms. The van der Waals surface area contributed by atoms with E-state index < -0.39 is 0 Å². The summed E-state index contributed by atoms with van der Waals surface area (Å²) in [5, 5.41) is 0. The zero-order valence-electron chi connectivity index (χ0n) is 10.7. The van der Waals surface area contributed by atoms with Gasteiger partial charge in [0.15, 0.2) is 0 Å². The number of hydrogen-bond acceptors (Lipinski definition) is 2. The standard InChI is InChI=1S/C14H23NO2/c1-10-7-12-8-15(9-13(12)17-10)14(16)11-5-3-2-4-6-11/h10-13H,2-9H2,1H3/t10-,12+,13-/m1/s1. The van der Waals surface area contributed by atoms with Crippen LogP contribution in [-0.2, 0) is 9.53 Å². The third-order valence-electron chi connectivity index (χ3n) is 4.69. The highest BCUT2D eigenvalue weighted by Crippen LogP contribution is 2.34. The molecular formula is C14H23NO2. The van der Waals surface area contributed by atoms with Crippen LogP contribution in [0.5, 0.6) is 0 Å². The van der Waals surface area contributed by atoms with Crippen LogP contribution >= 0.6 is 0 Å². The van der Waals surface area contributed by atoms with E-state index in [-0.39, 0.29) is 0 Å². The highest BCUT2D eigenvalue weighted by Gasteiger charge is 2.43. The molecule has 3 heteroatoms. The number of nitrogens with zero attached hydrogens (tertiary/aromatic N) is 1. The number of carbonyl (C=O) groups excluding carboxylic acids is 1. The largest absolute Gasteiger partial charge is 0.373 e. The van der Waals surface area contributed by atoms with E-state index >= 15 is 0 Å². The average Bonchev–Trinajstić information content (AvgIpc) is 2.86. The van der Waals surface area contributed by atoms with Crippen LogP contribution in [-0.4, -0.2) is 36.1 Å². The first-order valence-electron chi connectivity index (χ1n) is 7.18. The lowest BCUT2D eigenvalue weighted by atomic mass is 9.88. The Morgan fingerprint density at radius 3 is 2.65 bits per heavy atom. The number of amides is 1. The number of hydrogen-bond donors (Lipinski definition) is 0. The molecule has 1 saturated carbocycles. The molecule has 96 valence electrons. The molecule has 2 heterocycles. The Kier molecular flexibility index (Phi) is 3.12. The van der Waals surface area contributed by atoms with Gasteiger partial charge in [0.25, 0.3) is 0 Å². The van der Waals surface area contributed by atoms with Crippen LogP contribution in [0.15, 0.2) is 0 Å². The predicted molar refractivity (Wildman–Crippen MR) is 65.6 cm³/mol. The smallest absolute Gasteiger partial charge is 0.225 e. The Morgan fingerprint density at radius 1 is 1.18 bits per heavy atom. The van der Waals surface area contributed by atoms with Crippen molar-refractivity contribution in [1.29, 1.82) is 0 Å². The van der Waals surface area contributed by atoms with Crippen molar-refractivity contribution in [1.82, 2.24) is 4.90 Å². The van der Waals surface area contributed by atoms with Crippen molar-refractivity contribution in [3.05, 3.63) is 0 Å². The van der Waals surface area contributed by atoms with Crippen molar-refractivity contribution in [2.45, 2.75) is 57.7 Å². The molecule has 1 aliphatic carbocycles. The number of fused-ring (bicyclic) bond motifs is 1. The number of ether oxygens (including phenoxy) is 1. The van der Waals surface area contributed by atoms with Crippen LogP contribution in [0, 0.1) is 11.8 Å². The molecule has 2 aliphatic heterocycles. The summed E-state index contributed by atoms with van der Waals surface area (Å²) in [6, 6.07) is 0. The Bertz CT molecular complexity index is 285. The van der Waals surface area contributed by atoms with Gasteiger partial charge < -0.3 is 9.64 Å². The van der Waals surface area contributed by atoms with Crippen LogP contribution in [0.2, 0.25) is 0 Å². The predicted octanol–water partition coefficient (Wildman–Crippen LogP) is 2.20. The Morgan fingerprint density at radius 2 is 1.94 bits per heavy atom. The molecule has 0 bridgehead atoms. The molecule has 1 amide bonds. The van der Waals surface area contributed by atoms with Crippen molar-refractivity contribution in [2.75, 3.05) is 13.1 Å². The second-order valence-electron chi connectivity index (χ2n) is 6.06. The third kappa shape index (κ3) is 2.22. The summed E-state index contributed by atoms with van der Waals surface area (Å²) in [5.74, 6) is 1.34. The van der Waals surface area contributed by atoms with Crippen LogP contribution in [0.4, 0.5) is 0 Å². The molecule has 3 aliphatic rings. The van der Waals surface area contributed by atoms with Crippen LogP contribution in [0.1, 0.15) is 45.4 Å². The maximum atomic E-state index is 12.4. The monoisotopic (exact) mass is 237 g/mol. The summed E-state index contributed by atoms with van der Waals surface area (Å²) in [6.07, 6.45) is 7.89. The van der Waals surface area contributed by atoms with E-state index in [0.29, 0.717) is 30.0 Å². The molecule has 2 saturated heterocycles. The molecule has 0 aromatic rings. The lowest BCUT2D eigenvalue weighted by Gasteiger charge is -2.26. The fraction of sp³-hybridized carbons (Fsp3) is 0.929. The summed E-state index contributed by atoms with van der Waals surface area (Å²) < 4.78 is 5.86. The molecule has 3 atom stereocenters. The van der Waals surface area contributed by atoms with E-state index in [9.17, 15) is 4.79 Å². The molecule has 0 aromatic heterocycles. The van der Waals surface area contributed by atoms with E-state index in [0.717, 1.165) is 32.4 Å². The van der Waals surface area contributed by atoms with Crippen molar-refractivity contribution in [3.63, 3.8) is 0 Å². The van der Waals surface area contributed by atoms with Gasteiger partial charge in [0.05, 0.1) is 12.2 Å². The summed E-state index contributed by atoms with van der Waals surface area (Å²) in [4.78, 5) is 14.5. The lowest BCUT2D eigenvalue weighted by molar-refractivity contribution is -0.136. The SMILES string of the molecule is C[C@@H]1C[C@H]2CN(C(=O)C3CCCCC3)C[C@H]2O1. The summed E-state index contributed by atoms with van der Waals surface area (Å²) in [6.45, 7) is 3.94. The molecule has 3 nitrogen and oxygen atoms in total. The summed E-state index contributed by atoms with van der Waals surface area (Å²) in [7, 11) is 0. The second-order valence-corrected chi connectivity index (χ2v) is 6.06. The molecular weight excluding hydrogens is 214 g/mol. The normalized spacial score (nSPS) is 38.4. The zero-order valence-corrected chi connectivity index (χ0v) is 10.7. The molecule has 0 aromatic carbocycles. The first-order valence-corrected chi connectivity index (χ1v) is 7.18. The van der Waals surface area contributed by atoms with Gasteiger partial charge in [-0.05, 0) is 26.2 Å². The van der Waals surface area contributed by atoms with Gasteiger partial charge in [0.1, 0.15) is 0 Å². The molecule has 0 unspecified atom stereocenters. The zero-order chi connectivity index (χ0) is 11.8. The molecule has 0 N–H and O–H groups in total. The Hall–Kier alpha value is -0.570. The fourth-order valence-electron chi connectivity index (χ4n) is 3.79. The van der Waals surface area contributed by atoms with Gasteiger partial charge in [0.2, 0.25) is 5.91 Å². The second kappa shape index (κ2) is 4.60. The van der Waals surface area contributed by atoms with Gasteiger partial charge in [-0.2, -0.15) is 0 Å². The van der Waals surface area contributed by atoms with Crippen LogP contribution < -0.4 is 0 Å². The van der Waals surface area contributed by atoms with Gasteiger partial charge in [-0.25, -0.2) is 0 Å². The fourth-order valence-corrected chi connectivity index (χ4v) is 3.79. The minimum atomic E-state index is 0.319. The number of carbonyl (C=O) groups is 1. The summed E-state index contributed by atoms with van der Waals surface area (Å²) in [5.41, 5.74) is 0. The third-order valence-corrected chi connectivity index (χ3v) is 4.69. The molecule has 0 radical (unpaired) electrons. The summed E-state index contributed by atoms with van der Waals surface area (Å²) >= 11 is 0. The van der Waals surface area contributed by atoms with Crippen molar-refractivity contribution in [3.8, 4) is 0 Å². The van der Waals surface area contributed by atoms with E-state index in [4.69, 9.17) is 4.74 Å². The highest BCUT2D eigenvalue weighted by atomic mass is 16.5. The van der Waals surface area contributed by atoms with Crippen molar-refractivity contribution in [2.24, 2.45) is 11.8 Å². The van der Waals surface area contributed by atoms with Crippen molar-refractivity contribution >= 4 is 5.91 Å². The van der Waals surface area contributed by atoms with Crippen molar-refractivity contribution < 1.29 is 9.53 Å². The molecule has 3 fully saturated rings. The topological polar surface area (TPSA) is 29.5 Å². The number of likely N-dealkylation sites (tertiary alicyclic amines) is 1. The lowest BCUT2D eigenvalue weighted by Crippen LogP contribution is -2.36. The first kappa shape index (κ1) is 11.5. The minimum Gasteiger partial charge on any atom is -0.373 e. The Labute approximate surface area is 104 Å².